The van der Waals surface area contributed by atoms with E-state index in [0.717, 1.165) is 25.8 Å². The zero-order valence-corrected chi connectivity index (χ0v) is 12.9. The highest BCUT2D eigenvalue weighted by Crippen LogP contribution is 2.16. The topological polar surface area (TPSA) is 95.7 Å². The average molecular weight is 298 g/mol. The quantitative estimate of drug-likeness (QED) is 0.580. The summed E-state index contributed by atoms with van der Waals surface area (Å²) in [7, 11) is 3.98. The van der Waals surface area contributed by atoms with Crippen molar-refractivity contribution in [2.24, 2.45) is 5.73 Å². The summed E-state index contributed by atoms with van der Waals surface area (Å²) in [6.45, 7) is 1.42. The van der Waals surface area contributed by atoms with E-state index in [9.17, 15) is 14.4 Å². The summed E-state index contributed by atoms with van der Waals surface area (Å²) >= 11 is 0. The minimum absolute atomic E-state index is 0.0592. The van der Waals surface area contributed by atoms with Gasteiger partial charge in [0.25, 0.3) is 0 Å². The molecule has 1 aliphatic rings. The zero-order chi connectivity index (χ0) is 15.8. The SMILES string of the molecule is CN(C)CCCCC(=O)NCC(=O)N1CCCC1C(N)=O. The van der Waals surface area contributed by atoms with Crippen molar-refractivity contribution in [1.82, 2.24) is 15.1 Å². The molecule has 1 unspecified atom stereocenters. The maximum Gasteiger partial charge on any atom is 0.242 e. The van der Waals surface area contributed by atoms with Gasteiger partial charge in [0.05, 0.1) is 6.54 Å². The van der Waals surface area contributed by atoms with Crippen LogP contribution in [0.3, 0.4) is 0 Å². The van der Waals surface area contributed by atoms with Crippen molar-refractivity contribution in [3.63, 3.8) is 0 Å². The average Bonchev–Trinajstić information content (AvgIpc) is 2.90. The molecule has 3 amide bonds. The molecule has 3 N–H and O–H groups in total. The molecular weight excluding hydrogens is 272 g/mol. The molecule has 1 rings (SSSR count). The second-order valence-corrected chi connectivity index (χ2v) is 5.68. The van der Waals surface area contributed by atoms with E-state index in [1.807, 2.05) is 14.1 Å². The largest absolute Gasteiger partial charge is 0.368 e. The Morgan fingerprint density at radius 1 is 1.29 bits per heavy atom. The monoisotopic (exact) mass is 298 g/mol. The van der Waals surface area contributed by atoms with Crippen LogP contribution in [0.15, 0.2) is 0 Å². The van der Waals surface area contributed by atoms with Crippen LogP contribution in [-0.4, -0.2) is 67.3 Å². The molecule has 0 spiro atoms. The Balaban J connectivity index is 2.23. The summed E-state index contributed by atoms with van der Waals surface area (Å²) in [6, 6.07) is -0.519. The highest BCUT2D eigenvalue weighted by atomic mass is 16.2. The molecular formula is C14H26N4O3. The predicted molar refractivity (Wildman–Crippen MR) is 79.3 cm³/mol. The number of hydrogen-bond donors (Lipinski definition) is 2. The van der Waals surface area contributed by atoms with Crippen LogP contribution in [0.1, 0.15) is 32.1 Å². The van der Waals surface area contributed by atoms with Gasteiger partial charge >= 0.3 is 0 Å². The first kappa shape index (κ1) is 17.4. The van der Waals surface area contributed by atoms with Gasteiger partial charge in [0.15, 0.2) is 0 Å². The van der Waals surface area contributed by atoms with E-state index in [4.69, 9.17) is 5.73 Å². The van der Waals surface area contributed by atoms with Crippen LogP contribution in [0.4, 0.5) is 0 Å². The number of unbranched alkanes of at least 4 members (excludes halogenated alkanes) is 1. The minimum Gasteiger partial charge on any atom is -0.368 e. The highest BCUT2D eigenvalue weighted by Gasteiger charge is 2.32. The molecule has 0 aromatic rings. The van der Waals surface area contributed by atoms with E-state index in [2.05, 4.69) is 10.2 Å². The first-order chi connectivity index (χ1) is 9.91. The number of nitrogens with one attached hydrogen (secondary N) is 1. The molecule has 1 atom stereocenters. The molecule has 0 radical (unpaired) electrons. The zero-order valence-electron chi connectivity index (χ0n) is 12.9. The molecule has 7 nitrogen and oxygen atoms in total. The molecule has 1 fully saturated rings. The van der Waals surface area contributed by atoms with E-state index in [1.165, 1.54) is 4.90 Å². The molecule has 0 aromatic carbocycles. The molecule has 1 saturated heterocycles. The van der Waals surface area contributed by atoms with Gasteiger partial charge in [-0.1, -0.05) is 0 Å². The number of rotatable bonds is 8. The van der Waals surface area contributed by atoms with Crippen molar-refractivity contribution < 1.29 is 14.4 Å². The first-order valence-corrected chi connectivity index (χ1v) is 7.42. The van der Waals surface area contributed by atoms with Crippen LogP contribution in [0.5, 0.6) is 0 Å². The van der Waals surface area contributed by atoms with Gasteiger partial charge in [-0.05, 0) is 46.3 Å². The van der Waals surface area contributed by atoms with Gasteiger partial charge < -0.3 is 20.9 Å². The molecule has 0 bridgehead atoms. The lowest BCUT2D eigenvalue weighted by molar-refractivity contribution is -0.137. The number of nitrogens with two attached hydrogens (primary N) is 1. The van der Waals surface area contributed by atoms with Gasteiger partial charge in [-0.3, -0.25) is 14.4 Å². The maximum atomic E-state index is 12.0. The summed E-state index contributed by atoms with van der Waals surface area (Å²) < 4.78 is 0. The number of likely N-dealkylation sites (tertiary alicyclic amines) is 1. The first-order valence-electron chi connectivity index (χ1n) is 7.42. The van der Waals surface area contributed by atoms with Crippen LogP contribution in [0.2, 0.25) is 0 Å². The second-order valence-electron chi connectivity index (χ2n) is 5.68. The molecule has 7 heteroatoms. The lowest BCUT2D eigenvalue weighted by Gasteiger charge is -2.22. The summed E-state index contributed by atoms with van der Waals surface area (Å²) in [6.07, 6.45) is 3.55. The predicted octanol–water partition coefficient (Wildman–Crippen LogP) is -0.689. The Bertz CT molecular complexity index is 384. The summed E-state index contributed by atoms with van der Waals surface area (Å²) in [5.41, 5.74) is 5.26. The summed E-state index contributed by atoms with van der Waals surface area (Å²) in [4.78, 5) is 38.4. The summed E-state index contributed by atoms with van der Waals surface area (Å²) in [5, 5.41) is 2.61. The van der Waals surface area contributed by atoms with Crippen molar-refractivity contribution >= 4 is 17.7 Å². The fraction of sp³-hybridized carbons (Fsp3) is 0.786. The summed E-state index contributed by atoms with van der Waals surface area (Å²) in [5.74, 6) is -0.842. The van der Waals surface area contributed by atoms with E-state index < -0.39 is 11.9 Å². The van der Waals surface area contributed by atoms with E-state index in [-0.39, 0.29) is 18.4 Å². The lowest BCUT2D eigenvalue weighted by atomic mass is 10.2. The van der Waals surface area contributed by atoms with Crippen LogP contribution in [-0.2, 0) is 14.4 Å². The van der Waals surface area contributed by atoms with Crippen LogP contribution < -0.4 is 11.1 Å². The standard InChI is InChI=1S/C14H26N4O3/c1-17(2)8-4-3-7-12(19)16-10-13(20)18-9-5-6-11(18)14(15)21/h11H,3-10H2,1-2H3,(H2,15,21)(H,16,19). The molecule has 120 valence electrons. The van der Waals surface area contributed by atoms with E-state index >= 15 is 0 Å². The second kappa shape index (κ2) is 8.61. The number of carbonyl (C=O) groups is 3. The Morgan fingerprint density at radius 3 is 2.62 bits per heavy atom. The molecule has 1 heterocycles. The molecule has 0 saturated carbocycles. The van der Waals surface area contributed by atoms with Crippen LogP contribution in [0.25, 0.3) is 0 Å². The fourth-order valence-electron chi connectivity index (χ4n) is 2.44. The Hall–Kier alpha value is -1.63. The number of hydrogen-bond acceptors (Lipinski definition) is 4. The Kier molecular flexibility index (Phi) is 7.14. The number of nitrogens with zero attached hydrogens (tertiary/aromatic N) is 2. The van der Waals surface area contributed by atoms with Crippen LogP contribution in [0, 0.1) is 0 Å². The number of amides is 3. The smallest absolute Gasteiger partial charge is 0.242 e. The lowest BCUT2D eigenvalue weighted by Crippen LogP contribution is -2.47. The molecule has 1 aliphatic heterocycles. The van der Waals surface area contributed by atoms with Crippen molar-refractivity contribution in [3.05, 3.63) is 0 Å². The normalized spacial score (nSPS) is 18.0. The Labute approximate surface area is 125 Å². The molecule has 21 heavy (non-hydrogen) atoms. The van der Waals surface area contributed by atoms with E-state index in [0.29, 0.717) is 19.4 Å². The minimum atomic E-state index is -0.519. The van der Waals surface area contributed by atoms with Crippen molar-refractivity contribution in [2.75, 3.05) is 33.7 Å². The molecule has 0 aromatic heterocycles. The van der Waals surface area contributed by atoms with Gasteiger partial charge in [-0.2, -0.15) is 0 Å². The maximum absolute atomic E-state index is 12.0. The van der Waals surface area contributed by atoms with E-state index in [1.54, 1.807) is 0 Å². The third kappa shape index (κ3) is 6.12. The van der Waals surface area contributed by atoms with Crippen molar-refractivity contribution in [1.29, 1.82) is 0 Å². The van der Waals surface area contributed by atoms with Gasteiger partial charge in [0.2, 0.25) is 17.7 Å². The van der Waals surface area contributed by atoms with Gasteiger partial charge in [0, 0.05) is 13.0 Å². The Morgan fingerprint density at radius 2 is 2.00 bits per heavy atom. The van der Waals surface area contributed by atoms with Gasteiger partial charge in [-0.15, -0.1) is 0 Å². The number of carbonyl (C=O) groups excluding carboxylic acids is 3. The van der Waals surface area contributed by atoms with Crippen LogP contribution >= 0.6 is 0 Å². The van der Waals surface area contributed by atoms with Crippen molar-refractivity contribution in [2.45, 2.75) is 38.1 Å². The fourth-order valence-corrected chi connectivity index (χ4v) is 2.44. The number of primary amides is 1. The van der Waals surface area contributed by atoms with Gasteiger partial charge in [-0.25, -0.2) is 0 Å². The van der Waals surface area contributed by atoms with Crippen molar-refractivity contribution in [3.8, 4) is 0 Å². The van der Waals surface area contributed by atoms with Gasteiger partial charge in [0.1, 0.15) is 6.04 Å². The molecule has 0 aliphatic carbocycles. The third-order valence-electron chi connectivity index (χ3n) is 3.60. The third-order valence-corrected chi connectivity index (χ3v) is 3.60. The highest BCUT2D eigenvalue weighted by molar-refractivity contribution is 5.90.